The summed E-state index contributed by atoms with van der Waals surface area (Å²) in [7, 11) is 0. The number of benzene rings is 1. The highest BCUT2D eigenvalue weighted by Gasteiger charge is 2.34. The molecular formula is C14H20F4N2. The Bertz CT molecular complexity index is 436. The molecule has 0 radical (unpaired) electrons. The summed E-state index contributed by atoms with van der Waals surface area (Å²) >= 11 is 0. The van der Waals surface area contributed by atoms with Crippen LogP contribution in [0, 0.1) is 5.82 Å². The molecule has 20 heavy (non-hydrogen) atoms. The lowest BCUT2D eigenvalue weighted by molar-refractivity contribution is -0.140. The Hall–Kier alpha value is -1.14. The van der Waals surface area contributed by atoms with Crippen molar-refractivity contribution in [2.75, 3.05) is 13.1 Å². The summed E-state index contributed by atoms with van der Waals surface area (Å²) in [5.41, 5.74) is -1.22. The Balaban J connectivity index is 2.53. The first kappa shape index (κ1) is 16.9. The van der Waals surface area contributed by atoms with Crippen LogP contribution in [0.25, 0.3) is 0 Å². The van der Waals surface area contributed by atoms with Gasteiger partial charge >= 0.3 is 6.18 Å². The second-order valence-corrected chi connectivity index (χ2v) is 5.63. The number of nitrogens with one attached hydrogen (secondary N) is 2. The van der Waals surface area contributed by atoms with Crippen molar-refractivity contribution in [3.8, 4) is 0 Å². The van der Waals surface area contributed by atoms with E-state index in [9.17, 15) is 17.6 Å². The average Bonchev–Trinajstić information content (AvgIpc) is 2.27. The van der Waals surface area contributed by atoms with Crippen molar-refractivity contribution in [3.63, 3.8) is 0 Å². The normalized spacial score (nSPS) is 12.8. The van der Waals surface area contributed by atoms with Crippen LogP contribution in [0.15, 0.2) is 18.2 Å². The average molecular weight is 292 g/mol. The minimum absolute atomic E-state index is 0.0237. The summed E-state index contributed by atoms with van der Waals surface area (Å²) in [6, 6.07) is 3.32. The molecule has 0 aliphatic heterocycles. The zero-order chi connectivity index (χ0) is 15.4. The Kier molecular flexibility index (Phi) is 5.53. The van der Waals surface area contributed by atoms with E-state index in [-0.39, 0.29) is 17.6 Å². The fraction of sp³-hybridized carbons (Fsp3) is 0.571. The van der Waals surface area contributed by atoms with Crippen molar-refractivity contribution >= 4 is 0 Å². The third kappa shape index (κ3) is 5.46. The maximum Gasteiger partial charge on any atom is 0.419 e. The lowest BCUT2D eigenvalue weighted by Crippen LogP contribution is -2.40. The highest BCUT2D eigenvalue weighted by molar-refractivity contribution is 5.28. The largest absolute Gasteiger partial charge is 0.419 e. The van der Waals surface area contributed by atoms with Crippen molar-refractivity contribution in [1.82, 2.24) is 10.6 Å². The van der Waals surface area contributed by atoms with Crippen LogP contribution in [0.5, 0.6) is 0 Å². The number of alkyl halides is 3. The molecule has 0 aliphatic carbocycles. The molecule has 1 aromatic rings. The Morgan fingerprint density at radius 3 is 2.25 bits per heavy atom. The molecule has 0 bridgehead atoms. The molecule has 6 heteroatoms. The molecule has 0 atom stereocenters. The highest BCUT2D eigenvalue weighted by Crippen LogP contribution is 2.32. The van der Waals surface area contributed by atoms with E-state index in [4.69, 9.17) is 0 Å². The van der Waals surface area contributed by atoms with E-state index in [1.807, 2.05) is 20.8 Å². The molecule has 0 amide bonds. The van der Waals surface area contributed by atoms with Gasteiger partial charge in [0.05, 0.1) is 5.56 Å². The van der Waals surface area contributed by atoms with Crippen LogP contribution in [0.4, 0.5) is 17.6 Å². The van der Waals surface area contributed by atoms with Crippen LogP contribution in [-0.2, 0) is 12.7 Å². The molecule has 0 aliphatic rings. The maximum absolute atomic E-state index is 13.7. The molecule has 0 aromatic heterocycles. The summed E-state index contributed by atoms with van der Waals surface area (Å²) < 4.78 is 51.3. The second-order valence-electron chi connectivity index (χ2n) is 5.63. The van der Waals surface area contributed by atoms with Gasteiger partial charge in [0.1, 0.15) is 5.82 Å². The fourth-order valence-electron chi connectivity index (χ4n) is 1.68. The monoisotopic (exact) mass is 292 g/mol. The zero-order valence-electron chi connectivity index (χ0n) is 11.9. The quantitative estimate of drug-likeness (QED) is 0.642. The smallest absolute Gasteiger partial charge is 0.311 e. The molecule has 1 aromatic carbocycles. The van der Waals surface area contributed by atoms with Crippen LogP contribution in [-0.4, -0.2) is 18.6 Å². The molecule has 0 unspecified atom stereocenters. The van der Waals surface area contributed by atoms with Gasteiger partial charge in [-0.2, -0.15) is 13.2 Å². The first-order valence-corrected chi connectivity index (χ1v) is 6.41. The third-order valence-corrected chi connectivity index (χ3v) is 2.66. The van der Waals surface area contributed by atoms with Crippen LogP contribution < -0.4 is 10.6 Å². The molecule has 1 rings (SSSR count). The minimum atomic E-state index is -4.66. The molecular weight excluding hydrogens is 272 g/mol. The molecule has 0 saturated heterocycles. The third-order valence-electron chi connectivity index (χ3n) is 2.66. The van der Waals surface area contributed by atoms with E-state index < -0.39 is 17.6 Å². The summed E-state index contributed by atoms with van der Waals surface area (Å²) in [5.74, 6) is -1.20. The van der Waals surface area contributed by atoms with Crippen LogP contribution in [0.1, 0.15) is 31.9 Å². The van der Waals surface area contributed by atoms with E-state index in [0.29, 0.717) is 13.1 Å². The highest BCUT2D eigenvalue weighted by atomic mass is 19.4. The first-order valence-electron chi connectivity index (χ1n) is 6.41. The van der Waals surface area contributed by atoms with E-state index in [2.05, 4.69) is 10.6 Å². The van der Waals surface area contributed by atoms with Gasteiger partial charge in [-0.05, 0) is 26.8 Å². The van der Waals surface area contributed by atoms with Crippen LogP contribution >= 0.6 is 0 Å². The number of hydrogen-bond acceptors (Lipinski definition) is 2. The van der Waals surface area contributed by atoms with Crippen LogP contribution in [0.3, 0.4) is 0 Å². The topological polar surface area (TPSA) is 24.1 Å². The summed E-state index contributed by atoms with van der Waals surface area (Å²) in [4.78, 5) is 0. The minimum Gasteiger partial charge on any atom is -0.311 e. The number of halogens is 4. The van der Waals surface area contributed by atoms with E-state index in [1.54, 1.807) is 0 Å². The zero-order valence-corrected chi connectivity index (χ0v) is 11.9. The molecule has 0 heterocycles. The summed E-state index contributed by atoms with van der Waals surface area (Å²) in [5, 5.41) is 6.15. The van der Waals surface area contributed by atoms with Crippen molar-refractivity contribution in [2.45, 2.75) is 39.0 Å². The van der Waals surface area contributed by atoms with Gasteiger partial charge in [-0.3, -0.25) is 0 Å². The predicted molar refractivity (Wildman–Crippen MR) is 70.9 cm³/mol. The molecule has 0 saturated carbocycles. The number of rotatable bonds is 5. The van der Waals surface area contributed by atoms with Crippen molar-refractivity contribution < 1.29 is 17.6 Å². The predicted octanol–water partition coefficient (Wildman–Crippen LogP) is 3.32. The van der Waals surface area contributed by atoms with Gasteiger partial charge in [0.15, 0.2) is 0 Å². The van der Waals surface area contributed by atoms with Gasteiger partial charge in [0, 0.05) is 30.7 Å². The molecule has 0 fully saturated rings. The summed E-state index contributed by atoms with van der Waals surface area (Å²) in [6.07, 6.45) is -4.66. The molecule has 0 spiro atoms. The lowest BCUT2D eigenvalue weighted by Gasteiger charge is -2.20. The molecule has 114 valence electrons. The van der Waals surface area contributed by atoms with Gasteiger partial charge in [-0.25, -0.2) is 4.39 Å². The Morgan fingerprint density at radius 2 is 1.70 bits per heavy atom. The lowest BCUT2D eigenvalue weighted by atomic mass is 10.1. The van der Waals surface area contributed by atoms with Crippen molar-refractivity contribution in [1.29, 1.82) is 0 Å². The SMILES string of the molecule is CC(C)(C)NCCNCc1cccc(C(F)(F)F)c1F. The summed E-state index contributed by atoms with van der Waals surface area (Å²) in [6.45, 7) is 7.32. The van der Waals surface area contributed by atoms with Gasteiger partial charge in [0.25, 0.3) is 0 Å². The Morgan fingerprint density at radius 1 is 1.05 bits per heavy atom. The van der Waals surface area contributed by atoms with Crippen molar-refractivity contribution in [2.24, 2.45) is 0 Å². The van der Waals surface area contributed by atoms with E-state index in [1.165, 1.54) is 12.1 Å². The van der Waals surface area contributed by atoms with Gasteiger partial charge in [0.2, 0.25) is 0 Å². The standard InChI is InChI=1S/C14H20F4N2/c1-13(2,3)20-8-7-19-9-10-5-4-6-11(12(10)15)14(16,17)18/h4-6,19-20H,7-9H2,1-3H3. The first-order chi connectivity index (χ1) is 9.11. The molecule has 2 nitrogen and oxygen atoms in total. The van der Waals surface area contributed by atoms with Gasteiger partial charge in [-0.1, -0.05) is 12.1 Å². The Labute approximate surface area is 116 Å². The maximum atomic E-state index is 13.7. The van der Waals surface area contributed by atoms with Crippen LogP contribution in [0.2, 0.25) is 0 Å². The van der Waals surface area contributed by atoms with Crippen molar-refractivity contribution in [3.05, 3.63) is 35.1 Å². The van der Waals surface area contributed by atoms with E-state index in [0.717, 1.165) is 6.07 Å². The van der Waals surface area contributed by atoms with Gasteiger partial charge < -0.3 is 10.6 Å². The van der Waals surface area contributed by atoms with Gasteiger partial charge in [-0.15, -0.1) is 0 Å². The molecule has 2 N–H and O–H groups in total. The second kappa shape index (κ2) is 6.54. The van der Waals surface area contributed by atoms with E-state index >= 15 is 0 Å². The number of hydrogen-bond donors (Lipinski definition) is 2. The fourth-order valence-corrected chi connectivity index (χ4v) is 1.68.